The molecule has 0 unspecified atom stereocenters. The highest BCUT2D eigenvalue weighted by atomic mass is 79.9. The highest BCUT2D eigenvalue weighted by Crippen LogP contribution is 2.34. The standard InChI is InChI=1S/C32H34BrN7O7/c33-19-3-8-22-18(14-34-23(22)13-19)9-12-45-32-37-29(26-30(38-32)40(17-35-26)31-28(44)27(43)24(15-41)47-31)36-20-4-6-21(7-5-20)46-16-25(42)39-10-1-2-11-39/h3-8,13-14,17,24,27-28,31,34,41,43-44H,1-2,9-12,15-16H2,(H,36,37,38)/t24-,27-,28-,31-/m1/s1. The largest absolute Gasteiger partial charge is 0.484 e. The molecule has 0 saturated carbocycles. The Morgan fingerprint density at radius 3 is 2.66 bits per heavy atom. The summed E-state index contributed by atoms with van der Waals surface area (Å²) < 4.78 is 20.0. The topological polar surface area (TPSA) is 180 Å². The lowest BCUT2D eigenvalue weighted by Crippen LogP contribution is -2.33. The van der Waals surface area contributed by atoms with Crippen molar-refractivity contribution in [1.29, 1.82) is 0 Å². The predicted molar refractivity (Wildman–Crippen MR) is 175 cm³/mol. The molecule has 14 nitrogen and oxygen atoms in total. The second-order valence-corrected chi connectivity index (χ2v) is 12.5. The number of nitrogens with zero attached hydrogens (tertiary/aromatic N) is 5. The summed E-state index contributed by atoms with van der Waals surface area (Å²) in [5.74, 6) is 0.867. The molecule has 0 radical (unpaired) electrons. The maximum absolute atomic E-state index is 12.4. The average Bonchev–Trinajstić information content (AvgIpc) is 3.89. The Labute approximate surface area is 277 Å². The quantitative estimate of drug-likeness (QED) is 0.136. The number of fused-ring (bicyclic) bond motifs is 2. The van der Waals surface area contributed by atoms with E-state index in [1.807, 2.05) is 29.3 Å². The smallest absolute Gasteiger partial charge is 0.320 e. The van der Waals surface area contributed by atoms with Gasteiger partial charge in [-0.25, -0.2) is 4.98 Å². The zero-order chi connectivity index (χ0) is 32.5. The molecule has 2 saturated heterocycles. The summed E-state index contributed by atoms with van der Waals surface area (Å²) in [5, 5.41) is 35.0. The number of benzene rings is 2. The highest BCUT2D eigenvalue weighted by molar-refractivity contribution is 9.10. The van der Waals surface area contributed by atoms with Crippen LogP contribution in [-0.2, 0) is 16.0 Å². The van der Waals surface area contributed by atoms with Crippen LogP contribution in [0.25, 0.3) is 22.1 Å². The van der Waals surface area contributed by atoms with E-state index in [0.29, 0.717) is 34.8 Å². The van der Waals surface area contributed by atoms with Crippen molar-refractivity contribution in [3.63, 3.8) is 0 Å². The van der Waals surface area contributed by atoms with Crippen molar-refractivity contribution in [3.05, 3.63) is 65.0 Å². The monoisotopic (exact) mass is 707 g/mol. The Balaban J connectivity index is 1.12. The van der Waals surface area contributed by atoms with Crippen molar-refractivity contribution in [1.82, 2.24) is 29.4 Å². The number of halogens is 1. The first-order chi connectivity index (χ1) is 22.9. The first-order valence-electron chi connectivity index (χ1n) is 15.4. The third-order valence-electron chi connectivity index (χ3n) is 8.46. The summed E-state index contributed by atoms with van der Waals surface area (Å²) in [6.45, 7) is 1.34. The molecule has 0 bridgehead atoms. The number of rotatable bonds is 11. The van der Waals surface area contributed by atoms with Gasteiger partial charge < -0.3 is 44.7 Å². The van der Waals surface area contributed by atoms with Gasteiger partial charge in [-0.05, 0) is 54.8 Å². The van der Waals surface area contributed by atoms with Crippen molar-refractivity contribution in [2.75, 3.05) is 38.2 Å². The molecule has 0 spiro atoms. The van der Waals surface area contributed by atoms with Crippen LogP contribution < -0.4 is 14.8 Å². The van der Waals surface area contributed by atoms with Gasteiger partial charge in [0.25, 0.3) is 5.91 Å². The lowest BCUT2D eigenvalue weighted by molar-refractivity contribution is -0.132. The van der Waals surface area contributed by atoms with Gasteiger partial charge in [0, 0.05) is 46.8 Å². The number of H-pyrrole nitrogens is 1. The number of aliphatic hydroxyl groups is 3. The van der Waals surface area contributed by atoms with E-state index >= 15 is 0 Å². The van der Waals surface area contributed by atoms with E-state index in [9.17, 15) is 20.1 Å². The Hall–Kier alpha value is -4.28. The minimum atomic E-state index is -1.33. The van der Waals surface area contributed by atoms with E-state index in [1.165, 1.54) is 10.9 Å². The first-order valence-corrected chi connectivity index (χ1v) is 16.2. The van der Waals surface area contributed by atoms with Crippen molar-refractivity contribution in [3.8, 4) is 11.8 Å². The fraction of sp³-hybridized carbons (Fsp3) is 0.375. The molecule has 1 amide bonds. The third-order valence-corrected chi connectivity index (χ3v) is 8.96. The Bertz CT molecular complexity index is 1880. The van der Waals surface area contributed by atoms with Crippen LogP contribution in [0.1, 0.15) is 24.6 Å². The number of anilines is 2. The maximum Gasteiger partial charge on any atom is 0.320 e. The van der Waals surface area contributed by atoms with E-state index in [2.05, 4.69) is 41.2 Å². The highest BCUT2D eigenvalue weighted by Gasteiger charge is 2.44. The van der Waals surface area contributed by atoms with Crippen LogP contribution in [0.15, 0.2) is 59.5 Å². The molecule has 2 aliphatic rings. The van der Waals surface area contributed by atoms with Gasteiger partial charge in [0.1, 0.15) is 24.1 Å². The minimum Gasteiger partial charge on any atom is -0.484 e. The number of imidazole rings is 1. The van der Waals surface area contributed by atoms with Crippen molar-refractivity contribution >= 4 is 55.4 Å². The second kappa shape index (κ2) is 13.4. The molecule has 5 aromatic rings. The predicted octanol–water partition coefficient (Wildman–Crippen LogP) is 3.05. The fourth-order valence-electron chi connectivity index (χ4n) is 5.94. The van der Waals surface area contributed by atoms with Crippen LogP contribution in [-0.4, -0.2) is 102 Å². The molecular weight excluding hydrogens is 674 g/mol. The summed E-state index contributed by atoms with van der Waals surface area (Å²) in [7, 11) is 0. The van der Waals surface area contributed by atoms with Crippen LogP contribution >= 0.6 is 15.9 Å². The summed E-state index contributed by atoms with van der Waals surface area (Å²) in [6, 6.07) is 13.2. The first kappa shape index (κ1) is 31.3. The van der Waals surface area contributed by atoms with Crippen molar-refractivity contribution in [2.45, 2.75) is 43.8 Å². The average molecular weight is 709 g/mol. The van der Waals surface area contributed by atoms with Crippen molar-refractivity contribution < 1.29 is 34.3 Å². The molecular formula is C32H34BrN7O7. The second-order valence-electron chi connectivity index (χ2n) is 11.5. The number of nitrogens with one attached hydrogen (secondary N) is 2. The molecule has 2 aromatic carbocycles. The van der Waals surface area contributed by atoms with Crippen LogP contribution in [0.5, 0.6) is 11.8 Å². The van der Waals surface area contributed by atoms with Gasteiger partial charge in [-0.15, -0.1) is 0 Å². The zero-order valence-electron chi connectivity index (χ0n) is 25.3. The van der Waals surface area contributed by atoms with E-state index in [-0.39, 0.29) is 25.1 Å². The van der Waals surface area contributed by atoms with Crippen LogP contribution in [0.2, 0.25) is 0 Å². The number of likely N-dealkylation sites (tertiary alicyclic amines) is 1. The third kappa shape index (κ3) is 6.49. The van der Waals surface area contributed by atoms with Gasteiger partial charge in [-0.2, -0.15) is 9.97 Å². The molecule has 4 atom stereocenters. The summed E-state index contributed by atoms with van der Waals surface area (Å²) in [6.07, 6.45) is 1.38. The number of hydrogen-bond donors (Lipinski definition) is 5. The maximum atomic E-state index is 12.4. The fourth-order valence-corrected chi connectivity index (χ4v) is 6.30. The molecule has 2 fully saturated rings. The number of amides is 1. The van der Waals surface area contributed by atoms with Crippen molar-refractivity contribution in [2.24, 2.45) is 0 Å². The number of aromatic amines is 1. The van der Waals surface area contributed by atoms with E-state index < -0.39 is 31.1 Å². The van der Waals surface area contributed by atoms with Gasteiger partial charge in [0.15, 0.2) is 29.8 Å². The summed E-state index contributed by atoms with van der Waals surface area (Å²) in [4.78, 5) is 31.2. The molecule has 0 aliphatic carbocycles. The molecule has 47 heavy (non-hydrogen) atoms. The van der Waals surface area contributed by atoms with Gasteiger partial charge in [0.05, 0.1) is 19.5 Å². The SMILES string of the molecule is O=C(COc1ccc(Nc2nc(OCCc3c[nH]c4cc(Br)ccc34)nc3c2ncn3[C@@H]2O[C@H](CO)[C@@H](O)[C@H]2O)cc1)N1CCCC1. The summed E-state index contributed by atoms with van der Waals surface area (Å²) in [5.41, 5.74) is 3.42. The lowest BCUT2D eigenvalue weighted by Gasteiger charge is -2.17. The zero-order valence-corrected chi connectivity index (χ0v) is 26.8. The number of aromatic nitrogens is 5. The number of ether oxygens (including phenoxy) is 3. The summed E-state index contributed by atoms with van der Waals surface area (Å²) >= 11 is 3.50. The van der Waals surface area contributed by atoms with Crippen LogP contribution in [0.4, 0.5) is 11.5 Å². The van der Waals surface area contributed by atoms with E-state index in [4.69, 9.17) is 14.2 Å². The van der Waals surface area contributed by atoms with E-state index in [1.54, 1.807) is 24.3 Å². The number of aliphatic hydroxyl groups excluding tert-OH is 3. The molecule has 7 rings (SSSR count). The lowest BCUT2D eigenvalue weighted by atomic mass is 10.1. The van der Waals surface area contributed by atoms with E-state index in [0.717, 1.165) is 46.9 Å². The number of hydrogen-bond acceptors (Lipinski definition) is 11. The van der Waals surface area contributed by atoms with Gasteiger partial charge in [0.2, 0.25) is 0 Å². The van der Waals surface area contributed by atoms with Crippen LogP contribution in [0, 0.1) is 0 Å². The molecule has 5 heterocycles. The molecule has 5 N–H and O–H groups in total. The van der Waals surface area contributed by atoms with Gasteiger partial charge >= 0.3 is 6.01 Å². The van der Waals surface area contributed by atoms with Crippen LogP contribution in [0.3, 0.4) is 0 Å². The Kier molecular flexibility index (Phi) is 8.96. The Morgan fingerprint density at radius 1 is 1.09 bits per heavy atom. The normalized spacial score (nSPS) is 21.1. The number of carbonyl (C=O) groups excluding carboxylic acids is 1. The minimum absolute atomic E-state index is 0.0194. The van der Waals surface area contributed by atoms with Gasteiger partial charge in [-0.3, -0.25) is 9.36 Å². The number of carbonyl (C=O) groups is 1. The molecule has 3 aromatic heterocycles. The Morgan fingerprint density at radius 2 is 1.89 bits per heavy atom. The van der Waals surface area contributed by atoms with Gasteiger partial charge in [-0.1, -0.05) is 22.0 Å². The molecule has 15 heteroatoms. The molecule has 246 valence electrons. The molecule has 2 aliphatic heterocycles.